The smallest absolute Gasteiger partial charge is 0.105 e. The van der Waals surface area contributed by atoms with Gasteiger partial charge in [0.1, 0.15) is 11.5 Å². The second kappa shape index (κ2) is 5.15. The van der Waals surface area contributed by atoms with Gasteiger partial charge in [-0.2, -0.15) is 0 Å². The van der Waals surface area contributed by atoms with Crippen LogP contribution >= 0.6 is 0 Å². The first kappa shape index (κ1) is 13.9. The zero-order valence-electron chi connectivity index (χ0n) is 13.7. The Morgan fingerprint density at radius 1 is 1.10 bits per heavy atom. The van der Waals surface area contributed by atoms with Gasteiger partial charge in [0, 0.05) is 11.6 Å². The zero-order valence-corrected chi connectivity index (χ0v) is 13.7. The summed E-state index contributed by atoms with van der Waals surface area (Å²) in [5.74, 6) is 7.06. The van der Waals surface area contributed by atoms with Gasteiger partial charge in [-0.3, -0.25) is 0 Å². The van der Waals surface area contributed by atoms with E-state index in [1.165, 1.54) is 37.7 Å². The standard InChI is InChI=1S/C19H29NO/c1-4-20-19(17-5-11(2)21-12(17)3)18-15-7-13-6-14(9-15)10-16(18)8-13/h5,13-16,18-20H,4,6-10H2,1-3H3. The number of furan rings is 1. The van der Waals surface area contributed by atoms with Crippen molar-refractivity contribution in [2.45, 2.75) is 58.9 Å². The Bertz CT molecular complexity index is 490. The molecule has 4 aliphatic rings. The Labute approximate surface area is 128 Å². The van der Waals surface area contributed by atoms with Crippen LogP contribution in [0.25, 0.3) is 0 Å². The Hall–Kier alpha value is -0.760. The Morgan fingerprint density at radius 3 is 2.19 bits per heavy atom. The first-order chi connectivity index (χ1) is 10.2. The van der Waals surface area contributed by atoms with Crippen LogP contribution in [-0.4, -0.2) is 6.54 Å². The predicted molar refractivity (Wildman–Crippen MR) is 85.1 cm³/mol. The lowest BCUT2D eigenvalue weighted by molar-refractivity contribution is -0.0524. The average Bonchev–Trinajstić information content (AvgIpc) is 2.75. The normalized spacial score (nSPS) is 38.9. The number of rotatable bonds is 4. The molecule has 4 fully saturated rings. The molecule has 1 heterocycles. The van der Waals surface area contributed by atoms with Crippen LogP contribution in [0.1, 0.15) is 62.2 Å². The average molecular weight is 287 g/mol. The van der Waals surface area contributed by atoms with Crippen LogP contribution in [0.5, 0.6) is 0 Å². The lowest BCUT2D eigenvalue weighted by atomic mass is 9.50. The van der Waals surface area contributed by atoms with E-state index in [4.69, 9.17) is 4.42 Å². The molecule has 1 atom stereocenters. The van der Waals surface area contributed by atoms with Gasteiger partial charge in [-0.1, -0.05) is 6.92 Å². The van der Waals surface area contributed by atoms with Crippen LogP contribution in [0.15, 0.2) is 10.5 Å². The molecule has 1 aromatic heterocycles. The van der Waals surface area contributed by atoms with E-state index in [-0.39, 0.29) is 0 Å². The molecular weight excluding hydrogens is 258 g/mol. The summed E-state index contributed by atoms with van der Waals surface area (Å²) < 4.78 is 5.84. The van der Waals surface area contributed by atoms with Gasteiger partial charge >= 0.3 is 0 Å². The molecule has 0 spiro atoms. The summed E-state index contributed by atoms with van der Waals surface area (Å²) in [5, 5.41) is 3.82. The molecule has 4 saturated carbocycles. The molecule has 0 aromatic carbocycles. The zero-order chi connectivity index (χ0) is 14.6. The fourth-order valence-corrected chi connectivity index (χ4v) is 6.14. The molecule has 1 aromatic rings. The molecule has 0 saturated heterocycles. The van der Waals surface area contributed by atoms with Crippen molar-refractivity contribution in [3.8, 4) is 0 Å². The minimum Gasteiger partial charge on any atom is -0.466 e. The molecule has 4 aliphatic carbocycles. The molecule has 1 N–H and O–H groups in total. The van der Waals surface area contributed by atoms with E-state index in [1.54, 1.807) is 0 Å². The van der Waals surface area contributed by atoms with Crippen molar-refractivity contribution in [2.24, 2.45) is 29.6 Å². The fourth-order valence-electron chi connectivity index (χ4n) is 6.14. The summed E-state index contributed by atoms with van der Waals surface area (Å²) in [6.45, 7) is 7.52. The third-order valence-corrected chi connectivity index (χ3v) is 6.52. The van der Waals surface area contributed by atoms with Gasteiger partial charge in [0.2, 0.25) is 0 Å². The second-order valence-corrected chi connectivity index (χ2v) is 7.91. The number of hydrogen-bond donors (Lipinski definition) is 1. The maximum Gasteiger partial charge on any atom is 0.105 e. The van der Waals surface area contributed by atoms with E-state index < -0.39 is 0 Å². The SMILES string of the molecule is CCNC(c1cc(C)oc1C)C1C2CC3CC(C2)CC1C3. The van der Waals surface area contributed by atoms with Crippen LogP contribution in [-0.2, 0) is 0 Å². The van der Waals surface area contributed by atoms with Gasteiger partial charge in [0.15, 0.2) is 0 Å². The third-order valence-electron chi connectivity index (χ3n) is 6.52. The van der Waals surface area contributed by atoms with Crippen LogP contribution < -0.4 is 5.32 Å². The van der Waals surface area contributed by atoms with Gasteiger partial charge in [0.25, 0.3) is 0 Å². The van der Waals surface area contributed by atoms with Crippen LogP contribution in [0.4, 0.5) is 0 Å². The monoisotopic (exact) mass is 287 g/mol. The van der Waals surface area contributed by atoms with Crippen LogP contribution in [0.2, 0.25) is 0 Å². The first-order valence-corrected chi connectivity index (χ1v) is 8.96. The van der Waals surface area contributed by atoms with E-state index >= 15 is 0 Å². The fraction of sp³-hybridized carbons (Fsp3) is 0.789. The van der Waals surface area contributed by atoms with Crippen molar-refractivity contribution < 1.29 is 4.42 Å². The van der Waals surface area contributed by atoms with Crippen molar-refractivity contribution in [1.29, 1.82) is 0 Å². The highest BCUT2D eigenvalue weighted by atomic mass is 16.3. The van der Waals surface area contributed by atoms with Crippen molar-refractivity contribution >= 4 is 0 Å². The number of aryl methyl sites for hydroxylation is 2. The maximum atomic E-state index is 5.84. The highest BCUT2D eigenvalue weighted by Gasteiger charge is 2.50. The predicted octanol–water partition coefficient (Wildman–Crippen LogP) is 4.62. The molecule has 0 aliphatic heterocycles. The number of hydrogen-bond acceptors (Lipinski definition) is 2. The molecular formula is C19H29NO. The summed E-state index contributed by atoms with van der Waals surface area (Å²) in [4.78, 5) is 0. The van der Waals surface area contributed by atoms with E-state index in [9.17, 15) is 0 Å². The molecule has 2 nitrogen and oxygen atoms in total. The molecule has 116 valence electrons. The highest BCUT2D eigenvalue weighted by molar-refractivity contribution is 5.26. The Morgan fingerprint density at radius 2 is 1.71 bits per heavy atom. The van der Waals surface area contributed by atoms with Crippen molar-refractivity contribution in [3.63, 3.8) is 0 Å². The summed E-state index contributed by atoms with van der Waals surface area (Å²) >= 11 is 0. The lowest BCUT2D eigenvalue weighted by Crippen LogP contribution is -2.49. The van der Waals surface area contributed by atoms with Crippen molar-refractivity contribution in [1.82, 2.24) is 5.32 Å². The molecule has 0 radical (unpaired) electrons. The van der Waals surface area contributed by atoms with Crippen LogP contribution in [0, 0.1) is 43.4 Å². The molecule has 0 amide bonds. The van der Waals surface area contributed by atoms with Gasteiger partial charge in [0.05, 0.1) is 0 Å². The summed E-state index contributed by atoms with van der Waals surface area (Å²) in [7, 11) is 0. The summed E-state index contributed by atoms with van der Waals surface area (Å²) in [6.07, 6.45) is 7.52. The van der Waals surface area contributed by atoms with Crippen molar-refractivity contribution in [2.75, 3.05) is 6.54 Å². The van der Waals surface area contributed by atoms with Gasteiger partial charge in [-0.25, -0.2) is 0 Å². The minimum absolute atomic E-state index is 0.516. The van der Waals surface area contributed by atoms with Crippen LogP contribution in [0.3, 0.4) is 0 Å². The number of nitrogens with one attached hydrogen (secondary N) is 1. The van der Waals surface area contributed by atoms with E-state index in [1.807, 2.05) is 0 Å². The Balaban J connectivity index is 1.66. The van der Waals surface area contributed by atoms with Gasteiger partial charge in [-0.05, 0) is 88.2 Å². The molecule has 1 unspecified atom stereocenters. The Kier molecular flexibility index (Phi) is 3.40. The van der Waals surface area contributed by atoms with E-state index in [2.05, 4.69) is 32.2 Å². The molecule has 5 rings (SSSR count). The summed E-state index contributed by atoms with van der Waals surface area (Å²) in [6, 6.07) is 2.80. The first-order valence-electron chi connectivity index (χ1n) is 8.96. The van der Waals surface area contributed by atoms with E-state index in [0.717, 1.165) is 47.7 Å². The topological polar surface area (TPSA) is 25.2 Å². The van der Waals surface area contributed by atoms with Gasteiger partial charge in [-0.15, -0.1) is 0 Å². The maximum absolute atomic E-state index is 5.84. The second-order valence-electron chi connectivity index (χ2n) is 7.91. The van der Waals surface area contributed by atoms with Crippen molar-refractivity contribution in [3.05, 3.63) is 23.2 Å². The van der Waals surface area contributed by atoms with Gasteiger partial charge < -0.3 is 9.73 Å². The third kappa shape index (κ3) is 2.27. The lowest BCUT2D eigenvalue weighted by Gasteiger charge is -2.56. The largest absolute Gasteiger partial charge is 0.466 e. The minimum atomic E-state index is 0.516. The molecule has 2 heteroatoms. The highest BCUT2D eigenvalue weighted by Crippen LogP contribution is 2.59. The summed E-state index contributed by atoms with van der Waals surface area (Å²) in [5.41, 5.74) is 1.44. The quantitative estimate of drug-likeness (QED) is 0.874. The molecule has 21 heavy (non-hydrogen) atoms. The van der Waals surface area contributed by atoms with E-state index in [0.29, 0.717) is 6.04 Å². The molecule has 4 bridgehead atoms.